The van der Waals surface area contributed by atoms with Gasteiger partial charge in [-0.25, -0.2) is 4.39 Å². The number of hydrogen-bond acceptors (Lipinski definition) is 5. The number of nitrogens with zero attached hydrogens (tertiary/aromatic N) is 1. The molecule has 3 N–H and O–H groups in total. The van der Waals surface area contributed by atoms with Gasteiger partial charge in [0.1, 0.15) is 11.6 Å². The summed E-state index contributed by atoms with van der Waals surface area (Å²) in [5, 5.41) is 27.9. The van der Waals surface area contributed by atoms with Gasteiger partial charge >= 0.3 is 0 Å². The average molecular weight is 287 g/mol. The highest BCUT2D eigenvalue weighted by Gasteiger charge is 2.19. The molecule has 0 amide bonds. The van der Waals surface area contributed by atoms with Crippen molar-refractivity contribution >= 4 is 0 Å². The smallest absolute Gasteiger partial charge is 0.132 e. The van der Waals surface area contributed by atoms with Crippen molar-refractivity contribution < 1.29 is 24.4 Å². The maximum absolute atomic E-state index is 13.8. The SMILES string of the molecule is COc1cccc(F)c1C(O)CCN(CCO)CCO. The van der Waals surface area contributed by atoms with Crippen molar-refractivity contribution in [3.63, 3.8) is 0 Å². The summed E-state index contributed by atoms with van der Waals surface area (Å²) in [6, 6.07) is 4.40. The first-order chi connectivity index (χ1) is 9.63. The molecular formula is C14H22FNO4. The van der Waals surface area contributed by atoms with E-state index in [1.807, 2.05) is 0 Å². The van der Waals surface area contributed by atoms with Gasteiger partial charge in [0.05, 0.1) is 32.0 Å². The van der Waals surface area contributed by atoms with E-state index < -0.39 is 11.9 Å². The number of aliphatic hydroxyl groups is 3. The van der Waals surface area contributed by atoms with Gasteiger partial charge in [0, 0.05) is 19.6 Å². The van der Waals surface area contributed by atoms with Gasteiger partial charge in [-0.15, -0.1) is 0 Å². The van der Waals surface area contributed by atoms with Gasteiger partial charge in [-0.2, -0.15) is 0 Å². The Morgan fingerprint density at radius 1 is 1.20 bits per heavy atom. The number of rotatable bonds is 9. The molecule has 1 aromatic carbocycles. The fourth-order valence-corrected chi connectivity index (χ4v) is 2.09. The minimum atomic E-state index is -0.994. The zero-order chi connectivity index (χ0) is 15.0. The van der Waals surface area contributed by atoms with Crippen LogP contribution in [0.1, 0.15) is 18.1 Å². The molecule has 0 aliphatic heterocycles. The van der Waals surface area contributed by atoms with Gasteiger partial charge in [-0.3, -0.25) is 4.90 Å². The van der Waals surface area contributed by atoms with Crippen LogP contribution in [0.4, 0.5) is 4.39 Å². The number of aliphatic hydroxyl groups excluding tert-OH is 3. The van der Waals surface area contributed by atoms with Gasteiger partial charge in [0.25, 0.3) is 0 Å². The number of methoxy groups -OCH3 is 1. The van der Waals surface area contributed by atoms with Crippen LogP contribution < -0.4 is 4.74 Å². The van der Waals surface area contributed by atoms with E-state index in [1.165, 1.54) is 19.2 Å². The summed E-state index contributed by atoms with van der Waals surface area (Å²) in [5.41, 5.74) is 0.142. The van der Waals surface area contributed by atoms with E-state index in [0.29, 0.717) is 25.4 Å². The predicted octanol–water partition coefficient (Wildman–Crippen LogP) is 0.544. The predicted molar refractivity (Wildman–Crippen MR) is 73.1 cm³/mol. The standard InChI is InChI=1S/C14H22FNO4/c1-20-13-4-2-3-11(15)14(13)12(19)5-6-16(7-9-17)8-10-18/h2-4,12,17-19H,5-10H2,1H3. The Labute approximate surface area is 118 Å². The number of ether oxygens (including phenoxy) is 1. The Balaban J connectivity index is 2.68. The van der Waals surface area contributed by atoms with Crippen molar-refractivity contribution in [2.75, 3.05) is 40.0 Å². The molecule has 20 heavy (non-hydrogen) atoms. The second-order valence-electron chi connectivity index (χ2n) is 4.45. The number of benzene rings is 1. The molecule has 0 radical (unpaired) electrons. The Bertz CT molecular complexity index is 397. The molecule has 0 aliphatic rings. The van der Waals surface area contributed by atoms with Crippen LogP contribution >= 0.6 is 0 Å². The van der Waals surface area contributed by atoms with Crippen LogP contribution in [0.3, 0.4) is 0 Å². The Kier molecular flexibility index (Phi) is 7.46. The molecule has 1 atom stereocenters. The van der Waals surface area contributed by atoms with Crippen molar-refractivity contribution in [1.29, 1.82) is 0 Å². The summed E-state index contributed by atoms with van der Waals surface area (Å²) < 4.78 is 18.8. The van der Waals surface area contributed by atoms with E-state index in [1.54, 1.807) is 11.0 Å². The second-order valence-corrected chi connectivity index (χ2v) is 4.45. The van der Waals surface area contributed by atoms with Gasteiger partial charge in [-0.05, 0) is 18.6 Å². The monoisotopic (exact) mass is 287 g/mol. The summed E-state index contributed by atoms with van der Waals surface area (Å²) >= 11 is 0. The van der Waals surface area contributed by atoms with Crippen molar-refractivity contribution in [3.8, 4) is 5.75 Å². The largest absolute Gasteiger partial charge is 0.496 e. The van der Waals surface area contributed by atoms with Gasteiger partial charge in [-0.1, -0.05) is 6.07 Å². The summed E-state index contributed by atoms with van der Waals surface area (Å²) in [6.07, 6.45) is -0.705. The molecule has 114 valence electrons. The zero-order valence-corrected chi connectivity index (χ0v) is 11.6. The molecule has 0 bridgehead atoms. The van der Waals surface area contributed by atoms with E-state index >= 15 is 0 Å². The molecule has 0 aromatic heterocycles. The van der Waals surface area contributed by atoms with Gasteiger partial charge in [0.2, 0.25) is 0 Å². The number of hydrogen-bond donors (Lipinski definition) is 3. The van der Waals surface area contributed by atoms with Crippen LogP contribution in [0.25, 0.3) is 0 Å². The molecule has 0 spiro atoms. The normalized spacial score (nSPS) is 12.7. The van der Waals surface area contributed by atoms with Crippen LogP contribution in [0.15, 0.2) is 18.2 Å². The third-order valence-electron chi connectivity index (χ3n) is 3.12. The lowest BCUT2D eigenvalue weighted by Gasteiger charge is -2.22. The lowest BCUT2D eigenvalue weighted by Crippen LogP contribution is -2.31. The van der Waals surface area contributed by atoms with Crippen molar-refractivity contribution in [1.82, 2.24) is 4.90 Å². The third-order valence-corrected chi connectivity index (χ3v) is 3.12. The van der Waals surface area contributed by atoms with Crippen LogP contribution in [0, 0.1) is 5.82 Å². The molecule has 0 saturated carbocycles. The summed E-state index contributed by atoms with van der Waals surface area (Å²) in [4.78, 5) is 1.80. The van der Waals surface area contributed by atoms with E-state index in [4.69, 9.17) is 14.9 Å². The van der Waals surface area contributed by atoms with Gasteiger partial charge < -0.3 is 20.1 Å². The molecule has 1 aromatic rings. The van der Waals surface area contributed by atoms with Crippen LogP contribution in [-0.4, -0.2) is 60.2 Å². The molecule has 0 heterocycles. The Morgan fingerprint density at radius 3 is 2.40 bits per heavy atom. The summed E-state index contributed by atoms with van der Waals surface area (Å²) in [6.45, 7) is 1.20. The zero-order valence-electron chi connectivity index (χ0n) is 11.6. The minimum absolute atomic E-state index is 0.0287. The summed E-state index contributed by atoms with van der Waals surface area (Å²) in [5.74, 6) is -0.193. The van der Waals surface area contributed by atoms with E-state index in [9.17, 15) is 9.50 Å². The Morgan fingerprint density at radius 2 is 1.85 bits per heavy atom. The molecule has 0 aliphatic carbocycles. The summed E-state index contributed by atoms with van der Waals surface area (Å²) in [7, 11) is 1.43. The Hall–Kier alpha value is -1.21. The van der Waals surface area contributed by atoms with Crippen molar-refractivity contribution in [2.24, 2.45) is 0 Å². The molecule has 5 nitrogen and oxygen atoms in total. The average Bonchev–Trinajstić information content (AvgIpc) is 2.44. The minimum Gasteiger partial charge on any atom is -0.496 e. The topological polar surface area (TPSA) is 73.2 Å². The van der Waals surface area contributed by atoms with Crippen LogP contribution in [0.5, 0.6) is 5.75 Å². The highest BCUT2D eigenvalue weighted by molar-refractivity contribution is 5.36. The first kappa shape index (κ1) is 16.8. The fourth-order valence-electron chi connectivity index (χ4n) is 2.09. The highest BCUT2D eigenvalue weighted by Crippen LogP contribution is 2.29. The van der Waals surface area contributed by atoms with Crippen LogP contribution in [-0.2, 0) is 0 Å². The first-order valence-corrected chi connectivity index (χ1v) is 6.58. The third kappa shape index (κ3) is 4.72. The molecule has 1 rings (SSSR count). The highest BCUT2D eigenvalue weighted by atomic mass is 19.1. The van der Waals surface area contributed by atoms with Crippen LogP contribution in [0.2, 0.25) is 0 Å². The molecule has 0 fully saturated rings. The molecule has 0 saturated heterocycles. The maximum atomic E-state index is 13.8. The van der Waals surface area contributed by atoms with E-state index in [2.05, 4.69) is 0 Å². The molecular weight excluding hydrogens is 265 g/mol. The second kappa shape index (κ2) is 8.86. The van der Waals surface area contributed by atoms with E-state index in [-0.39, 0.29) is 25.2 Å². The maximum Gasteiger partial charge on any atom is 0.132 e. The quantitative estimate of drug-likeness (QED) is 0.618. The van der Waals surface area contributed by atoms with Crippen molar-refractivity contribution in [3.05, 3.63) is 29.6 Å². The first-order valence-electron chi connectivity index (χ1n) is 6.58. The fraction of sp³-hybridized carbons (Fsp3) is 0.571. The van der Waals surface area contributed by atoms with Gasteiger partial charge in [0.15, 0.2) is 0 Å². The molecule has 6 heteroatoms. The lowest BCUT2D eigenvalue weighted by atomic mass is 10.0. The number of halogens is 1. The van der Waals surface area contributed by atoms with Crippen molar-refractivity contribution in [2.45, 2.75) is 12.5 Å². The lowest BCUT2D eigenvalue weighted by molar-refractivity contribution is 0.114. The van der Waals surface area contributed by atoms with E-state index in [0.717, 1.165) is 0 Å². The molecule has 1 unspecified atom stereocenters.